The van der Waals surface area contributed by atoms with Gasteiger partial charge in [-0.2, -0.15) is 0 Å². The Morgan fingerprint density at radius 1 is 1.07 bits per heavy atom. The smallest absolute Gasteiger partial charge is 0.220 e. The minimum atomic E-state index is 0.0860. The van der Waals surface area contributed by atoms with Gasteiger partial charge in [0.1, 0.15) is 10.8 Å². The van der Waals surface area contributed by atoms with E-state index in [4.69, 9.17) is 4.74 Å². The maximum atomic E-state index is 12.0. The average Bonchev–Trinajstić information content (AvgIpc) is 3.22. The number of carbonyl (C=O) groups excluding carboxylic acids is 1. The van der Waals surface area contributed by atoms with E-state index in [2.05, 4.69) is 27.4 Å². The second-order valence-electron chi connectivity index (χ2n) is 6.54. The summed E-state index contributed by atoms with van der Waals surface area (Å²) in [6.45, 7) is 0.717. The Hall–Kier alpha value is -2.73. The van der Waals surface area contributed by atoms with E-state index in [1.807, 2.05) is 29.6 Å². The molecule has 2 heterocycles. The van der Waals surface area contributed by atoms with Gasteiger partial charge in [-0.3, -0.25) is 9.78 Å². The van der Waals surface area contributed by atoms with E-state index >= 15 is 0 Å². The predicted octanol–water partition coefficient (Wildman–Crippen LogP) is 4.29. The lowest BCUT2D eigenvalue weighted by Gasteiger charge is -2.06. The number of ether oxygens (including phenoxy) is 1. The van der Waals surface area contributed by atoms with Crippen molar-refractivity contribution in [2.75, 3.05) is 13.7 Å². The zero-order chi connectivity index (χ0) is 19.6. The van der Waals surface area contributed by atoms with Gasteiger partial charge in [-0.15, -0.1) is 11.3 Å². The highest BCUT2D eigenvalue weighted by Gasteiger charge is 2.07. The van der Waals surface area contributed by atoms with Gasteiger partial charge in [0.05, 0.1) is 12.8 Å². The van der Waals surface area contributed by atoms with Gasteiger partial charge in [0, 0.05) is 36.3 Å². The highest BCUT2D eigenvalue weighted by Crippen LogP contribution is 2.23. The van der Waals surface area contributed by atoms with Crippen molar-refractivity contribution in [2.45, 2.75) is 32.1 Å². The number of aryl methyl sites for hydroxylation is 2. The number of rotatable bonds is 10. The number of carbonyl (C=O) groups is 1. The molecular formula is C22H25N3O2S. The zero-order valence-electron chi connectivity index (χ0n) is 16.1. The van der Waals surface area contributed by atoms with Gasteiger partial charge in [0.2, 0.25) is 5.91 Å². The van der Waals surface area contributed by atoms with E-state index in [1.165, 1.54) is 5.56 Å². The maximum Gasteiger partial charge on any atom is 0.220 e. The number of aromatic nitrogens is 2. The van der Waals surface area contributed by atoms with Gasteiger partial charge in [0.15, 0.2) is 0 Å². The number of hydrogen-bond donors (Lipinski definition) is 1. The van der Waals surface area contributed by atoms with Crippen LogP contribution in [0.15, 0.2) is 54.2 Å². The van der Waals surface area contributed by atoms with Crippen LogP contribution in [-0.4, -0.2) is 29.5 Å². The summed E-state index contributed by atoms with van der Waals surface area (Å²) >= 11 is 1.60. The second kappa shape index (κ2) is 10.6. The van der Waals surface area contributed by atoms with Crippen LogP contribution in [0.5, 0.6) is 5.75 Å². The van der Waals surface area contributed by atoms with Crippen molar-refractivity contribution in [3.05, 3.63) is 65.4 Å². The van der Waals surface area contributed by atoms with Crippen LogP contribution in [0.4, 0.5) is 0 Å². The number of nitrogens with one attached hydrogen (secondary N) is 1. The van der Waals surface area contributed by atoms with Crippen molar-refractivity contribution in [1.82, 2.24) is 15.3 Å². The maximum absolute atomic E-state index is 12.0. The van der Waals surface area contributed by atoms with E-state index in [0.29, 0.717) is 19.4 Å². The summed E-state index contributed by atoms with van der Waals surface area (Å²) in [5.74, 6) is 0.965. The van der Waals surface area contributed by atoms with Crippen molar-refractivity contribution in [1.29, 1.82) is 0 Å². The second-order valence-corrected chi connectivity index (χ2v) is 7.39. The Balaban J connectivity index is 1.31. The summed E-state index contributed by atoms with van der Waals surface area (Å²) < 4.78 is 5.16. The van der Waals surface area contributed by atoms with Crippen LogP contribution >= 0.6 is 11.3 Å². The number of pyridine rings is 1. The van der Waals surface area contributed by atoms with Crippen LogP contribution in [-0.2, 0) is 17.6 Å². The molecule has 0 aliphatic heterocycles. The molecule has 0 spiro atoms. The fourth-order valence-corrected chi connectivity index (χ4v) is 3.71. The van der Waals surface area contributed by atoms with E-state index in [1.54, 1.807) is 30.8 Å². The van der Waals surface area contributed by atoms with Crippen LogP contribution in [0.2, 0.25) is 0 Å². The molecule has 28 heavy (non-hydrogen) atoms. The van der Waals surface area contributed by atoms with Crippen molar-refractivity contribution >= 4 is 17.2 Å². The Labute approximate surface area is 169 Å². The van der Waals surface area contributed by atoms with Gasteiger partial charge in [-0.1, -0.05) is 12.1 Å². The van der Waals surface area contributed by atoms with Crippen LogP contribution in [0, 0.1) is 0 Å². The molecule has 1 aromatic carbocycles. The Kier molecular flexibility index (Phi) is 7.55. The lowest BCUT2D eigenvalue weighted by atomic mass is 10.1. The van der Waals surface area contributed by atoms with Crippen LogP contribution in [0.1, 0.15) is 30.5 Å². The monoisotopic (exact) mass is 395 g/mol. The van der Waals surface area contributed by atoms with Gasteiger partial charge in [0.25, 0.3) is 0 Å². The molecule has 1 amide bonds. The fourth-order valence-electron chi connectivity index (χ4n) is 2.85. The van der Waals surface area contributed by atoms with Gasteiger partial charge < -0.3 is 10.1 Å². The Morgan fingerprint density at radius 3 is 2.61 bits per heavy atom. The standard InChI is InChI=1S/C22H25N3O2S/c1-27-20-8-5-17(6-9-20)4-2-3-13-24-21(26)10-7-19-16-28-22(25-19)18-11-14-23-15-12-18/h5-6,8-9,11-12,14-16H,2-4,7,10,13H2,1H3,(H,24,26). The quantitative estimate of drug-likeness (QED) is 0.520. The summed E-state index contributed by atoms with van der Waals surface area (Å²) in [6, 6.07) is 12.0. The molecule has 0 unspecified atom stereocenters. The largest absolute Gasteiger partial charge is 0.497 e. The molecule has 2 aromatic heterocycles. The molecule has 0 aliphatic rings. The summed E-state index contributed by atoms with van der Waals surface area (Å²) in [6.07, 6.45) is 7.69. The molecule has 0 radical (unpaired) electrons. The van der Waals surface area contributed by atoms with Crippen LogP contribution in [0.3, 0.4) is 0 Å². The van der Waals surface area contributed by atoms with Gasteiger partial charge >= 0.3 is 0 Å². The number of unbranched alkanes of at least 4 members (excludes halogenated alkanes) is 1. The molecule has 0 atom stereocenters. The molecule has 1 N–H and O–H groups in total. The van der Waals surface area contributed by atoms with Crippen molar-refractivity contribution in [3.8, 4) is 16.3 Å². The molecule has 6 heteroatoms. The number of hydrogen-bond acceptors (Lipinski definition) is 5. The molecule has 0 bridgehead atoms. The van der Waals surface area contributed by atoms with Crippen molar-refractivity contribution in [2.24, 2.45) is 0 Å². The molecule has 146 valence electrons. The minimum Gasteiger partial charge on any atom is -0.497 e. The molecular weight excluding hydrogens is 370 g/mol. The van der Waals surface area contributed by atoms with Crippen molar-refractivity contribution < 1.29 is 9.53 Å². The summed E-state index contributed by atoms with van der Waals surface area (Å²) in [7, 11) is 1.67. The topological polar surface area (TPSA) is 64.1 Å². The Morgan fingerprint density at radius 2 is 1.86 bits per heavy atom. The first kappa shape index (κ1) is 20.0. The van der Waals surface area contributed by atoms with E-state index < -0.39 is 0 Å². The molecule has 0 saturated carbocycles. The highest BCUT2D eigenvalue weighted by molar-refractivity contribution is 7.13. The molecule has 0 aliphatic carbocycles. The van der Waals surface area contributed by atoms with Gasteiger partial charge in [-0.25, -0.2) is 4.98 Å². The molecule has 0 fully saturated rings. The SMILES string of the molecule is COc1ccc(CCCCNC(=O)CCc2csc(-c3ccncc3)n2)cc1. The van der Waals surface area contributed by atoms with Crippen LogP contribution in [0.25, 0.3) is 10.6 Å². The minimum absolute atomic E-state index is 0.0860. The fraction of sp³-hybridized carbons (Fsp3) is 0.318. The first-order chi connectivity index (χ1) is 13.7. The third kappa shape index (κ3) is 6.16. The molecule has 0 saturated heterocycles. The van der Waals surface area contributed by atoms with E-state index in [9.17, 15) is 4.79 Å². The number of benzene rings is 1. The summed E-state index contributed by atoms with van der Waals surface area (Å²) in [5, 5.41) is 6.00. The van der Waals surface area contributed by atoms with Crippen LogP contribution < -0.4 is 10.1 Å². The number of thiazole rings is 1. The summed E-state index contributed by atoms with van der Waals surface area (Å²) in [4.78, 5) is 20.7. The lowest BCUT2D eigenvalue weighted by Crippen LogP contribution is -2.24. The average molecular weight is 396 g/mol. The Bertz CT molecular complexity index is 863. The molecule has 3 rings (SSSR count). The zero-order valence-corrected chi connectivity index (χ0v) is 16.9. The third-order valence-corrected chi connectivity index (χ3v) is 5.40. The molecule has 3 aromatic rings. The lowest BCUT2D eigenvalue weighted by molar-refractivity contribution is -0.121. The highest BCUT2D eigenvalue weighted by atomic mass is 32.1. The third-order valence-electron chi connectivity index (χ3n) is 4.46. The predicted molar refractivity (Wildman–Crippen MR) is 113 cm³/mol. The van der Waals surface area contributed by atoms with Gasteiger partial charge in [-0.05, 0) is 55.5 Å². The number of methoxy groups -OCH3 is 1. The summed E-state index contributed by atoms with van der Waals surface area (Å²) in [5.41, 5.74) is 3.32. The number of nitrogens with zero attached hydrogens (tertiary/aromatic N) is 2. The van der Waals surface area contributed by atoms with Crippen molar-refractivity contribution in [3.63, 3.8) is 0 Å². The normalized spacial score (nSPS) is 10.6. The first-order valence-corrected chi connectivity index (χ1v) is 10.4. The first-order valence-electron chi connectivity index (χ1n) is 9.49. The van der Waals surface area contributed by atoms with E-state index in [-0.39, 0.29) is 5.91 Å². The number of amides is 1. The van der Waals surface area contributed by atoms with E-state index in [0.717, 1.165) is 41.3 Å². The molecule has 5 nitrogen and oxygen atoms in total.